The first-order valence-electron chi connectivity index (χ1n) is 7.16. The van der Waals surface area contributed by atoms with Crippen LogP contribution >= 0.6 is 11.5 Å². The molecule has 0 radical (unpaired) electrons. The Morgan fingerprint density at radius 2 is 2.08 bits per heavy atom. The van der Waals surface area contributed by atoms with Gasteiger partial charge >= 0.3 is 6.03 Å². The molecule has 1 aromatic heterocycles. The number of nitrogens with zero attached hydrogens (tertiary/aromatic N) is 3. The molecule has 2 rings (SSSR count). The van der Waals surface area contributed by atoms with Crippen molar-refractivity contribution in [1.29, 1.82) is 0 Å². The molecule has 0 saturated heterocycles. The first-order valence-corrected chi connectivity index (χ1v) is 7.93. The summed E-state index contributed by atoms with van der Waals surface area (Å²) in [6, 6.07) is 4.72. The van der Waals surface area contributed by atoms with Crippen molar-refractivity contribution >= 4 is 34.8 Å². The molecular weight excluding hydrogens is 330 g/mol. The minimum Gasteiger partial charge on any atom is -0.495 e. The molecule has 2 aromatic rings. The van der Waals surface area contributed by atoms with Gasteiger partial charge in [0.2, 0.25) is 5.91 Å². The van der Waals surface area contributed by atoms with Crippen LogP contribution < -0.4 is 15.4 Å². The highest BCUT2D eigenvalue weighted by molar-refractivity contribution is 7.05. The van der Waals surface area contributed by atoms with Gasteiger partial charge in [0.1, 0.15) is 5.75 Å². The molecule has 0 aliphatic carbocycles. The average Bonchev–Trinajstić information content (AvgIpc) is 2.92. The van der Waals surface area contributed by atoms with Crippen molar-refractivity contribution in [2.75, 3.05) is 24.8 Å². The number of urea groups is 1. The molecule has 1 aromatic carbocycles. The SMILES string of the molecule is COc1ccc(NC(C)=O)cc1NC(=O)N(C)Cc1snnc1C. The van der Waals surface area contributed by atoms with Crippen molar-refractivity contribution in [3.8, 4) is 5.75 Å². The van der Waals surface area contributed by atoms with Crippen molar-refractivity contribution in [2.45, 2.75) is 20.4 Å². The van der Waals surface area contributed by atoms with E-state index in [2.05, 4.69) is 20.2 Å². The van der Waals surface area contributed by atoms with Crippen molar-refractivity contribution < 1.29 is 14.3 Å². The van der Waals surface area contributed by atoms with Crippen LogP contribution in [-0.2, 0) is 11.3 Å². The second-order valence-electron chi connectivity index (χ2n) is 5.16. The number of benzene rings is 1. The van der Waals surface area contributed by atoms with Crippen LogP contribution in [0.5, 0.6) is 5.75 Å². The standard InChI is InChI=1S/C15H19N5O3S/c1-9-14(24-19-18-9)8-20(3)15(22)17-12-7-11(16-10(2)21)5-6-13(12)23-4/h5-7H,8H2,1-4H3,(H,16,21)(H,17,22). The Labute approximate surface area is 144 Å². The third-order valence-corrected chi connectivity index (χ3v) is 4.04. The Morgan fingerprint density at radius 1 is 1.33 bits per heavy atom. The Kier molecular flexibility index (Phi) is 5.69. The van der Waals surface area contributed by atoms with Gasteiger partial charge in [-0.1, -0.05) is 4.49 Å². The second kappa shape index (κ2) is 7.73. The van der Waals surface area contributed by atoms with Crippen LogP contribution in [0.4, 0.5) is 16.2 Å². The van der Waals surface area contributed by atoms with Crippen molar-refractivity contribution in [3.05, 3.63) is 28.8 Å². The highest BCUT2D eigenvalue weighted by Crippen LogP contribution is 2.28. The smallest absolute Gasteiger partial charge is 0.322 e. The lowest BCUT2D eigenvalue weighted by Gasteiger charge is -2.19. The van der Waals surface area contributed by atoms with E-state index >= 15 is 0 Å². The maximum atomic E-state index is 12.4. The van der Waals surface area contributed by atoms with Crippen LogP contribution in [0, 0.1) is 6.92 Å². The molecule has 1 heterocycles. The molecule has 128 valence electrons. The molecular formula is C15H19N5O3S. The third-order valence-electron chi connectivity index (χ3n) is 3.23. The fraction of sp³-hybridized carbons (Fsp3) is 0.333. The maximum absolute atomic E-state index is 12.4. The Balaban J connectivity index is 2.11. The molecule has 0 unspecified atom stereocenters. The highest BCUT2D eigenvalue weighted by Gasteiger charge is 2.15. The number of ether oxygens (including phenoxy) is 1. The van der Waals surface area contributed by atoms with Gasteiger partial charge in [-0.15, -0.1) is 5.10 Å². The molecule has 24 heavy (non-hydrogen) atoms. The van der Waals surface area contributed by atoms with Crippen LogP contribution in [0.3, 0.4) is 0 Å². The summed E-state index contributed by atoms with van der Waals surface area (Å²) in [6.07, 6.45) is 0. The van der Waals surface area contributed by atoms with Gasteiger partial charge in [0.15, 0.2) is 0 Å². The molecule has 2 N–H and O–H groups in total. The normalized spacial score (nSPS) is 10.2. The molecule has 0 bridgehead atoms. The zero-order valence-corrected chi connectivity index (χ0v) is 14.7. The summed E-state index contributed by atoms with van der Waals surface area (Å²) < 4.78 is 9.10. The Bertz CT molecular complexity index is 746. The van der Waals surface area contributed by atoms with Crippen molar-refractivity contribution in [3.63, 3.8) is 0 Å². The van der Waals surface area contributed by atoms with E-state index in [-0.39, 0.29) is 11.9 Å². The number of anilines is 2. The molecule has 0 aliphatic rings. The highest BCUT2D eigenvalue weighted by atomic mass is 32.1. The fourth-order valence-corrected chi connectivity index (χ4v) is 2.67. The zero-order chi connectivity index (χ0) is 17.7. The number of amides is 3. The monoisotopic (exact) mass is 349 g/mol. The predicted octanol–water partition coefficient (Wildman–Crippen LogP) is 2.48. The Hall–Kier alpha value is -2.68. The summed E-state index contributed by atoms with van der Waals surface area (Å²) in [4.78, 5) is 26.0. The summed E-state index contributed by atoms with van der Waals surface area (Å²) in [5.41, 5.74) is 1.85. The third kappa shape index (κ3) is 4.42. The fourth-order valence-electron chi connectivity index (χ4n) is 1.98. The predicted molar refractivity (Wildman–Crippen MR) is 92.4 cm³/mol. The molecule has 0 atom stereocenters. The minimum atomic E-state index is -0.305. The number of nitrogens with one attached hydrogen (secondary N) is 2. The molecule has 9 heteroatoms. The van der Waals surface area contributed by atoms with E-state index in [1.165, 1.54) is 30.5 Å². The number of methoxy groups -OCH3 is 1. The summed E-state index contributed by atoms with van der Waals surface area (Å²) in [7, 11) is 3.19. The molecule has 0 fully saturated rings. The zero-order valence-electron chi connectivity index (χ0n) is 13.9. The number of hydrogen-bond donors (Lipinski definition) is 2. The number of aryl methyl sites for hydroxylation is 1. The molecule has 0 aliphatic heterocycles. The van der Waals surface area contributed by atoms with Gasteiger partial charge in [-0.25, -0.2) is 4.79 Å². The van der Waals surface area contributed by atoms with Gasteiger partial charge in [-0.3, -0.25) is 4.79 Å². The topological polar surface area (TPSA) is 96.5 Å². The van der Waals surface area contributed by atoms with E-state index in [9.17, 15) is 9.59 Å². The summed E-state index contributed by atoms with van der Waals surface area (Å²) in [6.45, 7) is 3.68. The van der Waals surface area contributed by atoms with Gasteiger partial charge in [0.25, 0.3) is 0 Å². The number of carbonyl (C=O) groups excluding carboxylic acids is 2. The lowest BCUT2D eigenvalue weighted by atomic mass is 10.2. The number of carbonyl (C=O) groups is 2. The Morgan fingerprint density at radius 3 is 2.67 bits per heavy atom. The lowest BCUT2D eigenvalue weighted by molar-refractivity contribution is -0.114. The summed E-state index contributed by atoms with van der Waals surface area (Å²) in [5, 5.41) is 9.38. The van der Waals surface area contributed by atoms with E-state index in [4.69, 9.17) is 4.74 Å². The second-order valence-corrected chi connectivity index (χ2v) is 6.00. The van der Waals surface area contributed by atoms with Gasteiger partial charge in [0.05, 0.1) is 29.9 Å². The molecule has 3 amide bonds. The van der Waals surface area contributed by atoms with Crippen LogP contribution in [0.1, 0.15) is 17.5 Å². The van der Waals surface area contributed by atoms with E-state index in [1.54, 1.807) is 25.2 Å². The van der Waals surface area contributed by atoms with E-state index in [0.717, 1.165) is 10.6 Å². The van der Waals surface area contributed by atoms with Gasteiger partial charge in [0, 0.05) is 19.7 Å². The van der Waals surface area contributed by atoms with Gasteiger partial charge in [-0.2, -0.15) is 0 Å². The number of rotatable bonds is 5. The van der Waals surface area contributed by atoms with Crippen molar-refractivity contribution in [2.24, 2.45) is 0 Å². The number of aromatic nitrogens is 2. The number of hydrogen-bond acceptors (Lipinski definition) is 6. The minimum absolute atomic E-state index is 0.192. The van der Waals surface area contributed by atoms with E-state index in [1.807, 2.05) is 6.92 Å². The van der Waals surface area contributed by atoms with Crippen LogP contribution in [0.2, 0.25) is 0 Å². The van der Waals surface area contributed by atoms with Gasteiger partial charge in [-0.05, 0) is 36.7 Å². The van der Waals surface area contributed by atoms with Crippen molar-refractivity contribution in [1.82, 2.24) is 14.5 Å². The van der Waals surface area contributed by atoms with E-state index in [0.29, 0.717) is 23.7 Å². The summed E-state index contributed by atoms with van der Waals surface area (Å²) >= 11 is 1.26. The van der Waals surface area contributed by atoms with Gasteiger partial charge < -0.3 is 20.3 Å². The molecule has 0 saturated carbocycles. The first kappa shape index (κ1) is 17.7. The quantitative estimate of drug-likeness (QED) is 0.864. The summed E-state index contributed by atoms with van der Waals surface area (Å²) in [5.74, 6) is 0.309. The molecule has 0 spiro atoms. The molecule has 8 nitrogen and oxygen atoms in total. The first-order chi connectivity index (χ1) is 11.4. The largest absolute Gasteiger partial charge is 0.495 e. The van der Waals surface area contributed by atoms with E-state index < -0.39 is 0 Å². The van der Waals surface area contributed by atoms with Crippen LogP contribution in [-0.4, -0.2) is 40.6 Å². The lowest BCUT2D eigenvalue weighted by Crippen LogP contribution is -2.31. The maximum Gasteiger partial charge on any atom is 0.322 e. The average molecular weight is 349 g/mol. The van der Waals surface area contributed by atoms with Crippen LogP contribution in [0.15, 0.2) is 18.2 Å². The van der Waals surface area contributed by atoms with Crippen LogP contribution in [0.25, 0.3) is 0 Å².